The minimum Gasteiger partial charge on any atom is -0.415 e. The van der Waals surface area contributed by atoms with E-state index in [1.54, 1.807) is 11.8 Å². The van der Waals surface area contributed by atoms with Gasteiger partial charge in [-0.25, -0.2) is 4.98 Å². The van der Waals surface area contributed by atoms with Crippen LogP contribution >= 0.6 is 0 Å². The van der Waals surface area contributed by atoms with E-state index in [0.29, 0.717) is 0 Å². The fraction of sp³-hybridized carbons (Fsp3) is 0.188. The molecule has 0 spiro atoms. The van der Waals surface area contributed by atoms with Gasteiger partial charge in [-0.05, 0) is 30.2 Å². The average molecular weight is 268 g/mol. The molecule has 0 amide bonds. The number of rotatable bonds is 3. The summed E-state index contributed by atoms with van der Waals surface area (Å²) in [5.74, 6) is 0.786. The van der Waals surface area contributed by atoms with Crippen molar-refractivity contribution in [1.82, 2.24) is 9.71 Å². The lowest BCUT2D eigenvalue weighted by atomic mass is 10.0. The smallest absolute Gasteiger partial charge is 0.143 e. The molecule has 1 atom stereocenters. The Bertz CT molecular complexity index is 735. The van der Waals surface area contributed by atoms with Crippen LogP contribution < -0.4 is 4.84 Å². The first kappa shape index (κ1) is 12.7. The quantitative estimate of drug-likeness (QED) is 0.794. The molecule has 1 N–H and O–H groups in total. The molecule has 20 heavy (non-hydrogen) atoms. The highest BCUT2D eigenvalue weighted by atomic mass is 16.6. The van der Waals surface area contributed by atoms with Crippen LogP contribution in [0, 0.1) is 6.92 Å². The summed E-state index contributed by atoms with van der Waals surface area (Å²) in [6.45, 7) is 1.89. The van der Waals surface area contributed by atoms with Crippen LogP contribution in [0.15, 0.2) is 48.5 Å². The molecule has 4 nitrogen and oxygen atoms in total. The number of aryl methyl sites for hydroxylation is 1. The molecule has 0 aliphatic carbocycles. The Kier molecular flexibility index (Phi) is 3.16. The Morgan fingerprint density at radius 3 is 2.55 bits per heavy atom. The first-order chi connectivity index (χ1) is 9.70. The van der Waals surface area contributed by atoms with Gasteiger partial charge in [0.05, 0.1) is 5.52 Å². The van der Waals surface area contributed by atoms with Crippen molar-refractivity contribution >= 4 is 11.0 Å². The molecule has 1 heterocycles. The Morgan fingerprint density at radius 2 is 1.85 bits per heavy atom. The molecule has 4 heteroatoms. The summed E-state index contributed by atoms with van der Waals surface area (Å²) in [7, 11) is 1.61. The number of hydrogen-bond acceptors (Lipinski definition) is 3. The molecule has 0 saturated carbocycles. The molecule has 3 aromatic rings. The van der Waals surface area contributed by atoms with Crippen LogP contribution in [0.1, 0.15) is 23.1 Å². The second-order valence-electron chi connectivity index (χ2n) is 4.70. The van der Waals surface area contributed by atoms with Crippen LogP contribution in [-0.2, 0) is 0 Å². The topological polar surface area (TPSA) is 47.3 Å². The largest absolute Gasteiger partial charge is 0.415 e. The van der Waals surface area contributed by atoms with Crippen molar-refractivity contribution in [3.05, 3.63) is 65.5 Å². The van der Waals surface area contributed by atoms with Crippen molar-refractivity contribution in [3.63, 3.8) is 0 Å². The number of aliphatic hydroxyl groups is 1. The molecule has 0 saturated heterocycles. The standard InChI is InChI=1S/C16H16N2O2/c1-11-17-14-9-8-13(10-15(14)18(11)20-2)16(19)12-6-4-3-5-7-12/h3-10,16,19H,1-2H3. The number of aliphatic hydroxyl groups excluding tert-OH is 1. The number of aromatic nitrogens is 2. The van der Waals surface area contributed by atoms with Gasteiger partial charge < -0.3 is 9.94 Å². The van der Waals surface area contributed by atoms with Gasteiger partial charge in [0.1, 0.15) is 24.6 Å². The third-order valence-corrected chi connectivity index (χ3v) is 3.41. The minimum absolute atomic E-state index is 0.652. The highest BCUT2D eigenvalue weighted by molar-refractivity contribution is 5.76. The number of fused-ring (bicyclic) bond motifs is 1. The zero-order valence-corrected chi connectivity index (χ0v) is 11.4. The van der Waals surface area contributed by atoms with Crippen molar-refractivity contribution in [2.24, 2.45) is 0 Å². The monoisotopic (exact) mass is 268 g/mol. The fourth-order valence-electron chi connectivity index (χ4n) is 2.42. The summed E-state index contributed by atoms with van der Waals surface area (Å²) >= 11 is 0. The number of benzene rings is 2. The highest BCUT2D eigenvalue weighted by Gasteiger charge is 2.14. The summed E-state index contributed by atoms with van der Waals surface area (Å²) in [6.07, 6.45) is -0.652. The SMILES string of the molecule is COn1c(C)nc2ccc(C(O)c3ccccc3)cc21. The maximum absolute atomic E-state index is 10.5. The molecule has 0 aliphatic heterocycles. The zero-order valence-electron chi connectivity index (χ0n) is 11.4. The first-order valence-corrected chi connectivity index (χ1v) is 6.47. The van der Waals surface area contributed by atoms with E-state index in [0.717, 1.165) is 28.0 Å². The third-order valence-electron chi connectivity index (χ3n) is 3.41. The normalized spacial score (nSPS) is 12.6. The maximum atomic E-state index is 10.5. The van der Waals surface area contributed by atoms with Crippen molar-refractivity contribution in [2.75, 3.05) is 7.11 Å². The molecule has 0 fully saturated rings. The van der Waals surface area contributed by atoms with Crippen molar-refractivity contribution in [3.8, 4) is 0 Å². The predicted molar refractivity (Wildman–Crippen MR) is 77.5 cm³/mol. The van der Waals surface area contributed by atoms with Gasteiger partial charge >= 0.3 is 0 Å². The van der Waals surface area contributed by atoms with E-state index in [9.17, 15) is 5.11 Å². The van der Waals surface area contributed by atoms with E-state index >= 15 is 0 Å². The second-order valence-corrected chi connectivity index (χ2v) is 4.70. The van der Waals surface area contributed by atoms with E-state index in [1.165, 1.54) is 0 Å². The van der Waals surface area contributed by atoms with Crippen molar-refractivity contribution in [1.29, 1.82) is 0 Å². The Morgan fingerprint density at radius 1 is 1.10 bits per heavy atom. The summed E-state index contributed by atoms with van der Waals surface area (Å²) in [4.78, 5) is 9.72. The van der Waals surface area contributed by atoms with Gasteiger partial charge in [-0.15, -0.1) is 0 Å². The van der Waals surface area contributed by atoms with Gasteiger partial charge in [-0.3, -0.25) is 0 Å². The number of nitrogens with zero attached hydrogens (tertiary/aromatic N) is 2. The Hall–Kier alpha value is -2.33. The van der Waals surface area contributed by atoms with Crippen LogP contribution in [0.5, 0.6) is 0 Å². The third kappa shape index (κ3) is 2.04. The van der Waals surface area contributed by atoms with E-state index in [1.807, 2.05) is 55.5 Å². The molecular weight excluding hydrogens is 252 g/mol. The van der Waals surface area contributed by atoms with Crippen molar-refractivity contribution in [2.45, 2.75) is 13.0 Å². The molecule has 0 radical (unpaired) electrons. The molecule has 102 valence electrons. The van der Waals surface area contributed by atoms with Gasteiger partial charge in [0.25, 0.3) is 0 Å². The van der Waals surface area contributed by atoms with E-state index in [2.05, 4.69) is 4.98 Å². The zero-order chi connectivity index (χ0) is 14.1. The maximum Gasteiger partial charge on any atom is 0.143 e. The van der Waals surface area contributed by atoms with E-state index in [-0.39, 0.29) is 0 Å². The minimum atomic E-state index is -0.652. The van der Waals surface area contributed by atoms with Gasteiger partial charge in [-0.2, -0.15) is 4.73 Å². The molecule has 1 aromatic heterocycles. The molecule has 0 aliphatic rings. The van der Waals surface area contributed by atoms with Crippen molar-refractivity contribution < 1.29 is 9.94 Å². The predicted octanol–water partition coefficient (Wildman–Crippen LogP) is 2.48. The van der Waals surface area contributed by atoms with Crippen LogP contribution in [0.4, 0.5) is 0 Å². The molecule has 1 unspecified atom stereocenters. The molecule has 3 rings (SSSR count). The number of imidazole rings is 1. The average Bonchev–Trinajstić information content (AvgIpc) is 2.81. The Labute approximate surface area is 117 Å². The number of hydrogen-bond donors (Lipinski definition) is 1. The molecule has 0 bridgehead atoms. The summed E-state index contributed by atoms with van der Waals surface area (Å²) < 4.78 is 1.66. The molecular formula is C16H16N2O2. The van der Waals surface area contributed by atoms with Gasteiger partial charge in [0.15, 0.2) is 0 Å². The van der Waals surface area contributed by atoms with Crippen LogP contribution in [0.3, 0.4) is 0 Å². The first-order valence-electron chi connectivity index (χ1n) is 6.47. The van der Waals surface area contributed by atoms with E-state index in [4.69, 9.17) is 4.84 Å². The van der Waals surface area contributed by atoms with Gasteiger partial charge in [0.2, 0.25) is 0 Å². The second kappa shape index (κ2) is 4.98. The summed E-state index contributed by atoms with van der Waals surface area (Å²) in [6, 6.07) is 15.3. The van der Waals surface area contributed by atoms with E-state index < -0.39 is 6.10 Å². The summed E-state index contributed by atoms with van der Waals surface area (Å²) in [5, 5.41) is 10.5. The van der Waals surface area contributed by atoms with Crippen LogP contribution in [-0.4, -0.2) is 21.9 Å². The highest BCUT2D eigenvalue weighted by Crippen LogP contribution is 2.25. The lowest BCUT2D eigenvalue weighted by molar-refractivity contribution is 0.171. The lowest BCUT2D eigenvalue weighted by Crippen LogP contribution is -2.07. The fourth-order valence-corrected chi connectivity index (χ4v) is 2.42. The summed E-state index contributed by atoms with van der Waals surface area (Å²) in [5.41, 5.74) is 3.40. The lowest BCUT2D eigenvalue weighted by Gasteiger charge is -2.12. The van der Waals surface area contributed by atoms with Gasteiger partial charge in [-0.1, -0.05) is 36.4 Å². The molecule has 2 aromatic carbocycles. The van der Waals surface area contributed by atoms with Crippen LogP contribution in [0.2, 0.25) is 0 Å². The Balaban J connectivity index is 2.08. The van der Waals surface area contributed by atoms with Crippen LogP contribution in [0.25, 0.3) is 11.0 Å². The van der Waals surface area contributed by atoms with Gasteiger partial charge in [0, 0.05) is 0 Å².